The average Bonchev–Trinajstić information content (AvgIpc) is 3.14. The van der Waals surface area contributed by atoms with Crippen molar-refractivity contribution in [2.45, 2.75) is 38.8 Å². The number of rotatable bonds is 6. The molecule has 0 bridgehead atoms. The first kappa shape index (κ1) is 16.8. The van der Waals surface area contributed by atoms with Gasteiger partial charge in [0.1, 0.15) is 6.04 Å². The molecule has 1 aliphatic heterocycles. The number of thiophene rings is 1. The van der Waals surface area contributed by atoms with Gasteiger partial charge in [0.25, 0.3) is 0 Å². The Morgan fingerprint density at radius 3 is 2.58 bits per heavy atom. The van der Waals surface area contributed by atoms with Gasteiger partial charge in [-0.25, -0.2) is 0 Å². The van der Waals surface area contributed by atoms with Crippen molar-refractivity contribution in [1.29, 1.82) is 0 Å². The molecule has 0 unspecified atom stereocenters. The molecule has 24 heavy (non-hydrogen) atoms. The third-order valence-electron chi connectivity index (χ3n) is 4.38. The first-order valence-electron chi connectivity index (χ1n) is 8.64. The van der Waals surface area contributed by atoms with Crippen LogP contribution in [0.2, 0.25) is 0 Å². The highest BCUT2D eigenvalue weighted by Gasteiger charge is 2.13. The maximum absolute atomic E-state index is 12.2. The molecule has 1 saturated heterocycles. The van der Waals surface area contributed by atoms with Crippen LogP contribution >= 0.6 is 11.3 Å². The molecule has 0 radical (unpaired) electrons. The average molecular weight is 343 g/mol. The Balaban J connectivity index is 1.50. The highest BCUT2D eigenvalue weighted by molar-refractivity contribution is 7.09. The molecule has 1 amide bonds. The largest absolute Gasteiger partial charge is 0.374 e. The third-order valence-corrected chi connectivity index (χ3v) is 5.26. The minimum atomic E-state index is -0.259. The van der Waals surface area contributed by atoms with Gasteiger partial charge < -0.3 is 15.5 Å². The van der Waals surface area contributed by atoms with Gasteiger partial charge in [-0.3, -0.25) is 4.79 Å². The Hall–Kier alpha value is -2.01. The fourth-order valence-corrected chi connectivity index (χ4v) is 3.62. The quantitative estimate of drug-likeness (QED) is 0.837. The van der Waals surface area contributed by atoms with Crippen LogP contribution in [0.15, 0.2) is 41.8 Å². The molecule has 1 aliphatic rings. The normalized spacial score (nSPS) is 15.8. The first-order chi connectivity index (χ1) is 11.7. The van der Waals surface area contributed by atoms with Crippen molar-refractivity contribution in [2.75, 3.05) is 23.3 Å². The van der Waals surface area contributed by atoms with Crippen LogP contribution in [-0.4, -0.2) is 25.0 Å². The van der Waals surface area contributed by atoms with E-state index in [1.165, 1.54) is 29.8 Å². The van der Waals surface area contributed by atoms with Gasteiger partial charge in [0.2, 0.25) is 5.91 Å². The maximum Gasteiger partial charge on any atom is 0.242 e. The smallest absolute Gasteiger partial charge is 0.242 e. The fraction of sp³-hybridized carbons (Fsp3) is 0.421. The summed E-state index contributed by atoms with van der Waals surface area (Å²) in [6.07, 6.45) is 3.90. The van der Waals surface area contributed by atoms with E-state index >= 15 is 0 Å². The Kier molecular flexibility index (Phi) is 5.75. The fourth-order valence-electron chi connectivity index (χ4n) is 2.98. The van der Waals surface area contributed by atoms with Crippen LogP contribution in [0.4, 0.5) is 11.4 Å². The summed E-state index contributed by atoms with van der Waals surface area (Å²) in [6, 6.07) is 12.2. The van der Waals surface area contributed by atoms with Crippen molar-refractivity contribution in [1.82, 2.24) is 5.32 Å². The topological polar surface area (TPSA) is 44.4 Å². The van der Waals surface area contributed by atoms with Gasteiger partial charge in [-0.1, -0.05) is 6.07 Å². The second kappa shape index (κ2) is 8.20. The summed E-state index contributed by atoms with van der Waals surface area (Å²) in [5, 5.41) is 8.26. The van der Waals surface area contributed by atoms with Gasteiger partial charge in [0, 0.05) is 29.3 Å². The Labute approximate surface area is 147 Å². The predicted molar refractivity (Wildman–Crippen MR) is 102 cm³/mol. The van der Waals surface area contributed by atoms with E-state index in [-0.39, 0.29) is 11.9 Å². The summed E-state index contributed by atoms with van der Waals surface area (Å²) in [7, 11) is 0. The van der Waals surface area contributed by atoms with Crippen LogP contribution in [0.1, 0.15) is 31.1 Å². The number of hydrogen-bond acceptors (Lipinski definition) is 4. The number of carbonyl (C=O) groups is 1. The first-order valence-corrected chi connectivity index (χ1v) is 9.52. The zero-order valence-corrected chi connectivity index (χ0v) is 14.9. The summed E-state index contributed by atoms with van der Waals surface area (Å²) < 4.78 is 0. The van der Waals surface area contributed by atoms with Gasteiger partial charge in [-0.15, -0.1) is 11.3 Å². The summed E-state index contributed by atoms with van der Waals surface area (Å²) in [4.78, 5) is 15.8. The zero-order chi connectivity index (χ0) is 16.8. The summed E-state index contributed by atoms with van der Waals surface area (Å²) in [6.45, 7) is 4.78. The molecule has 5 heteroatoms. The zero-order valence-electron chi connectivity index (χ0n) is 14.1. The lowest BCUT2D eigenvalue weighted by Crippen LogP contribution is -2.37. The second-order valence-corrected chi connectivity index (χ2v) is 7.29. The number of nitrogens with zero attached hydrogens (tertiary/aromatic N) is 1. The number of amides is 1. The van der Waals surface area contributed by atoms with Crippen LogP contribution in [0, 0.1) is 0 Å². The van der Waals surface area contributed by atoms with Crippen molar-refractivity contribution < 1.29 is 4.79 Å². The lowest BCUT2D eigenvalue weighted by atomic mass is 10.1. The Morgan fingerprint density at radius 2 is 1.92 bits per heavy atom. The van der Waals surface area contributed by atoms with Gasteiger partial charge in [-0.2, -0.15) is 0 Å². The van der Waals surface area contributed by atoms with E-state index in [0.29, 0.717) is 6.54 Å². The van der Waals surface area contributed by atoms with Crippen LogP contribution in [-0.2, 0) is 11.3 Å². The van der Waals surface area contributed by atoms with E-state index in [0.717, 1.165) is 18.8 Å². The highest BCUT2D eigenvalue weighted by atomic mass is 32.1. The van der Waals surface area contributed by atoms with E-state index in [9.17, 15) is 4.79 Å². The van der Waals surface area contributed by atoms with Crippen molar-refractivity contribution in [3.8, 4) is 0 Å². The number of anilines is 2. The molecule has 2 aromatic rings. The van der Waals surface area contributed by atoms with Gasteiger partial charge in [0.15, 0.2) is 0 Å². The molecule has 3 rings (SSSR count). The monoisotopic (exact) mass is 343 g/mol. The minimum Gasteiger partial charge on any atom is -0.374 e. The molecule has 0 aliphatic carbocycles. The van der Waals surface area contributed by atoms with Crippen LogP contribution in [0.25, 0.3) is 0 Å². The summed E-state index contributed by atoms with van der Waals surface area (Å²) in [5.74, 6) is 0.0171. The molecule has 1 aromatic heterocycles. The highest BCUT2D eigenvalue weighted by Crippen LogP contribution is 2.22. The van der Waals surface area contributed by atoms with E-state index in [4.69, 9.17) is 0 Å². The van der Waals surface area contributed by atoms with Crippen molar-refractivity contribution >= 4 is 28.6 Å². The lowest BCUT2D eigenvalue weighted by molar-refractivity contribution is -0.121. The van der Waals surface area contributed by atoms with Crippen LogP contribution in [0.3, 0.4) is 0 Å². The SMILES string of the molecule is C[C@H](Nc1ccc(N2CCCCC2)cc1)C(=O)NCc1cccs1. The Bertz CT molecular complexity index is 633. The van der Waals surface area contributed by atoms with Gasteiger partial charge in [0.05, 0.1) is 6.54 Å². The predicted octanol–water partition coefficient (Wildman–Crippen LogP) is 3.86. The molecule has 0 saturated carbocycles. The molecule has 1 fully saturated rings. The molecule has 4 nitrogen and oxygen atoms in total. The van der Waals surface area contributed by atoms with Crippen molar-refractivity contribution in [2.24, 2.45) is 0 Å². The number of carbonyl (C=O) groups excluding carboxylic acids is 1. The van der Waals surface area contributed by atoms with Crippen LogP contribution in [0.5, 0.6) is 0 Å². The molecule has 1 atom stereocenters. The molecule has 1 aromatic carbocycles. The lowest BCUT2D eigenvalue weighted by Gasteiger charge is -2.29. The molecule has 2 N–H and O–H groups in total. The van der Waals surface area contributed by atoms with Gasteiger partial charge in [-0.05, 0) is 61.9 Å². The molecular formula is C19H25N3OS. The molecule has 128 valence electrons. The van der Waals surface area contributed by atoms with Crippen molar-refractivity contribution in [3.63, 3.8) is 0 Å². The van der Waals surface area contributed by atoms with Crippen LogP contribution < -0.4 is 15.5 Å². The number of piperidine rings is 1. The van der Waals surface area contributed by atoms with Gasteiger partial charge >= 0.3 is 0 Å². The number of nitrogens with one attached hydrogen (secondary N) is 2. The van der Waals surface area contributed by atoms with E-state index in [1.54, 1.807) is 11.3 Å². The maximum atomic E-state index is 12.2. The summed E-state index contributed by atoms with van der Waals surface area (Å²) >= 11 is 1.66. The van der Waals surface area contributed by atoms with E-state index in [2.05, 4.69) is 39.8 Å². The minimum absolute atomic E-state index is 0.0171. The van der Waals surface area contributed by atoms with E-state index in [1.807, 2.05) is 24.4 Å². The van der Waals surface area contributed by atoms with Crippen molar-refractivity contribution in [3.05, 3.63) is 46.7 Å². The second-order valence-electron chi connectivity index (χ2n) is 6.26. The molecule has 0 spiro atoms. The third kappa shape index (κ3) is 4.51. The number of hydrogen-bond donors (Lipinski definition) is 2. The molecular weight excluding hydrogens is 318 g/mol. The molecule has 2 heterocycles. The Morgan fingerprint density at radius 1 is 1.17 bits per heavy atom. The summed E-state index contributed by atoms with van der Waals surface area (Å²) in [5.41, 5.74) is 2.25. The standard InChI is InChI=1S/C19H25N3OS/c1-15(19(23)20-14-18-6-5-13-24-18)21-16-7-9-17(10-8-16)22-11-3-2-4-12-22/h5-10,13,15,21H,2-4,11-12,14H2,1H3,(H,20,23)/t15-/m0/s1. The number of benzene rings is 1. The van der Waals surface area contributed by atoms with E-state index < -0.39 is 0 Å².